The lowest BCUT2D eigenvalue weighted by Crippen LogP contribution is -2.12. The molecule has 2 aromatic carbocycles. The highest BCUT2D eigenvalue weighted by Gasteiger charge is 2.28. The monoisotopic (exact) mass is 417 g/mol. The fraction of sp³-hybridized carbons (Fsp3) is 0.176. The maximum absolute atomic E-state index is 12.5. The highest BCUT2D eigenvalue weighted by molar-refractivity contribution is 9.10. The van der Waals surface area contributed by atoms with Crippen LogP contribution < -0.4 is 5.32 Å². The number of nitrogens with zero attached hydrogens (tertiary/aromatic N) is 4. The Bertz CT molecular complexity index is 954. The third-order valence-corrected chi connectivity index (χ3v) is 4.76. The molecule has 1 fully saturated rings. The molecule has 0 spiro atoms. The van der Waals surface area contributed by atoms with Gasteiger partial charge in [-0.05, 0) is 53.6 Å². The van der Waals surface area contributed by atoms with Gasteiger partial charge >= 0.3 is 0 Å². The van der Waals surface area contributed by atoms with Crippen molar-refractivity contribution < 1.29 is 4.79 Å². The number of amides is 1. The van der Waals surface area contributed by atoms with Gasteiger partial charge in [-0.1, -0.05) is 39.7 Å². The van der Waals surface area contributed by atoms with Crippen LogP contribution >= 0.6 is 27.5 Å². The molecule has 1 aliphatic carbocycles. The topological polar surface area (TPSA) is 72.7 Å². The van der Waals surface area contributed by atoms with Gasteiger partial charge in [-0.2, -0.15) is 0 Å². The number of benzene rings is 2. The van der Waals surface area contributed by atoms with Gasteiger partial charge in [-0.15, -0.1) is 5.10 Å². The molecule has 3 aromatic rings. The molecule has 0 saturated heterocycles. The lowest BCUT2D eigenvalue weighted by Gasteiger charge is -2.09. The fourth-order valence-corrected chi connectivity index (χ4v) is 3.12. The number of nitrogens with one attached hydrogen (secondary N) is 1. The summed E-state index contributed by atoms with van der Waals surface area (Å²) in [5, 5.41) is 15.2. The molecule has 0 bridgehead atoms. The SMILES string of the molecule is O=C(Nc1cccc(-c2nnnn2C2CC2)c1)c1cc(Br)ccc1Cl. The van der Waals surface area contributed by atoms with E-state index in [1.807, 2.05) is 28.9 Å². The van der Waals surface area contributed by atoms with Crippen LogP contribution in [0, 0.1) is 0 Å². The first-order valence-corrected chi connectivity index (χ1v) is 8.93. The molecular formula is C17H13BrClN5O. The predicted molar refractivity (Wildman–Crippen MR) is 98.6 cm³/mol. The van der Waals surface area contributed by atoms with Crippen molar-refractivity contribution >= 4 is 39.1 Å². The Labute approximate surface area is 157 Å². The van der Waals surface area contributed by atoms with E-state index in [4.69, 9.17) is 11.6 Å². The van der Waals surface area contributed by atoms with Gasteiger partial charge in [0.05, 0.1) is 16.6 Å². The second kappa shape index (κ2) is 6.57. The van der Waals surface area contributed by atoms with Crippen molar-refractivity contribution in [2.75, 3.05) is 5.32 Å². The summed E-state index contributed by atoms with van der Waals surface area (Å²) in [6, 6.07) is 13.0. The van der Waals surface area contributed by atoms with Gasteiger partial charge in [0.15, 0.2) is 5.82 Å². The first-order valence-electron chi connectivity index (χ1n) is 7.76. The zero-order valence-electron chi connectivity index (χ0n) is 13.0. The summed E-state index contributed by atoms with van der Waals surface area (Å²) in [4.78, 5) is 12.5. The van der Waals surface area contributed by atoms with E-state index in [0.29, 0.717) is 28.1 Å². The highest BCUT2D eigenvalue weighted by Crippen LogP contribution is 2.36. The molecule has 1 amide bonds. The molecule has 4 rings (SSSR count). The Morgan fingerprint density at radius 3 is 2.88 bits per heavy atom. The number of carbonyl (C=O) groups excluding carboxylic acids is 1. The minimum absolute atomic E-state index is 0.273. The molecule has 8 heteroatoms. The smallest absolute Gasteiger partial charge is 0.257 e. The molecule has 25 heavy (non-hydrogen) atoms. The molecule has 1 saturated carbocycles. The number of halogens is 2. The fourth-order valence-electron chi connectivity index (χ4n) is 2.55. The summed E-state index contributed by atoms with van der Waals surface area (Å²) >= 11 is 9.47. The third kappa shape index (κ3) is 3.43. The van der Waals surface area contributed by atoms with E-state index in [1.54, 1.807) is 18.2 Å². The Balaban J connectivity index is 1.60. The van der Waals surface area contributed by atoms with Gasteiger partial charge in [0.2, 0.25) is 0 Å². The Hall–Kier alpha value is -2.25. The molecular weight excluding hydrogens is 406 g/mol. The Kier molecular flexibility index (Phi) is 4.27. The molecule has 126 valence electrons. The van der Waals surface area contributed by atoms with Gasteiger partial charge in [0, 0.05) is 15.7 Å². The van der Waals surface area contributed by atoms with E-state index in [9.17, 15) is 4.79 Å². The van der Waals surface area contributed by atoms with Crippen molar-refractivity contribution in [2.45, 2.75) is 18.9 Å². The number of anilines is 1. The van der Waals surface area contributed by atoms with E-state index in [0.717, 1.165) is 22.9 Å². The van der Waals surface area contributed by atoms with Gasteiger partial charge < -0.3 is 5.32 Å². The molecule has 0 aliphatic heterocycles. The lowest BCUT2D eigenvalue weighted by atomic mass is 10.1. The normalized spacial score (nSPS) is 13.7. The van der Waals surface area contributed by atoms with Crippen LogP contribution in [0.1, 0.15) is 29.2 Å². The van der Waals surface area contributed by atoms with Gasteiger partial charge in [-0.25, -0.2) is 4.68 Å². The molecule has 1 N–H and O–H groups in total. The number of hydrogen-bond acceptors (Lipinski definition) is 4. The predicted octanol–water partition coefficient (Wildman–Crippen LogP) is 4.34. The maximum Gasteiger partial charge on any atom is 0.257 e. The van der Waals surface area contributed by atoms with Crippen molar-refractivity contribution in [3.8, 4) is 11.4 Å². The van der Waals surface area contributed by atoms with Crippen molar-refractivity contribution in [3.63, 3.8) is 0 Å². The number of hydrogen-bond donors (Lipinski definition) is 1. The lowest BCUT2D eigenvalue weighted by molar-refractivity contribution is 0.102. The number of rotatable bonds is 4. The first kappa shape index (κ1) is 16.2. The molecule has 0 atom stereocenters. The van der Waals surface area contributed by atoms with Crippen LogP contribution in [-0.4, -0.2) is 26.1 Å². The van der Waals surface area contributed by atoms with E-state index in [2.05, 4.69) is 36.8 Å². The number of tetrazole rings is 1. The Morgan fingerprint density at radius 1 is 1.24 bits per heavy atom. The molecule has 1 heterocycles. The van der Waals surface area contributed by atoms with Crippen molar-refractivity contribution in [2.24, 2.45) is 0 Å². The van der Waals surface area contributed by atoms with Crippen LogP contribution in [0.4, 0.5) is 5.69 Å². The average Bonchev–Trinajstić information content (AvgIpc) is 3.34. The molecule has 6 nitrogen and oxygen atoms in total. The van der Waals surface area contributed by atoms with E-state index < -0.39 is 0 Å². The summed E-state index contributed by atoms with van der Waals surface area (Å²) in [5.41, 5.74) is 1.92. The van der Waals surface area contributed by atoms with E-state index in [-0.39, 0.29) is 5.91 Å². The van der Waals surface area contributed by atoms with Crippen LogP contribution in [0.25, 0.3) is 11.4 Å². The zero-order valence-corrected chi connectivity index (χ0v) is 15.3. The molecule has 0 unspecified atom stereocenters. The van der Waals surface area contributed by atoms with E-state index >= 15 is 0 Å². The highest BCUT2D eigenvalue weighted by atomic mass is 79.9. The quantitative estimate of drug-likeness (QED) is 0.684. The van der Waals surface area contributed by atoms with Crippen LogP contribution in [0.5, 0.6) is 0 Å². The molecule has 0 radical (unpaired) electrons. The van der Waals surface area contributed by atoms with Gasteiger partial charge in [0.1, 0.15) is 0 Å². The first-order chi connectivity index (χ1) is 12.1. The van der Waals surface area contributed by atoms with Gasteiger partial charge in [0.25, 0.3) is 5.91 Å². The zero-order chi connectivity index (χ0) is 17.4. The van der Waals surface area contributed by atoms with Crippen LogP contribution in [0.2, 0.25) is 5.02 Å². The summed E-state index contributed by atoms with van der Waals surface area (Å²) in [6.45, 7) is 0. The summed E-state index contributed by atoms with van der Waals surface area (Å²) in [5.74, 6) is 0.435. The van der Waals surface area contributed by atoms with Crippen LogP contribution in [0.15, 0.2) is 46.9 Å². The van der Waals surface area contributed by atoms with E-state index in [1.165, 1.54) is 0 Å². The van der Waals surface area contributed by atoms with Gasteiger partial charge in [-0.3, -0.25) is 4.79 Å². The molecule has 1 aromatic heterocycles. The van der Waals surface area contributed by atoms with Crippen LogP contribution in [-0.2, 0) is 0 Å². The minimum atomic E-state index is -0.273. The average molecular weight is 419 g/mol. The molecule has 1 aliphatic rings. The standard InChI is InChI=1S/C17H13BrClN5O/c18-11-4-7-15(19)14(9-11)17(25)20-12-3-1-2-10(8-12)16-21-22-23-24(16)13-5-6-13/h1-4,7-9,13H,5-6H2,(H,20,25). The second-order valence-corrected chi connectivity index (χ2v) is 7.16. The summed E-state index contributed by atoms with van der Waals surface area (Å²) < 4.78 is 2.63. The summed E-state index contributed by atoms with van der Waals surface area (Å²) in [7, 11) is 0. The largest absolute Gasteiger partial charge is 0.322 e. The number of carbonyl (C=O) groups is 1. The minimum Gasteiger partial charge on any atom is -0.322 e. The summed E-state index contributed by atoms with van der Waals surface area (Å²) in [6.07, 6.45) is 2.19. The van der Waals surface area contributed by atoms with Crippen LogP contribution in [0.3, 0.4) is 0 Å². The second-order valence-electron chi connectivity index (χ2n) is 5.84. The Morgan fingerprint density at radius 2 is 2.08 bits per heavy atom. The number of aromatic nitrogens is 4. The maximum atomic E-state index is 12.5. The van der Waals surface area contributed by atoms with Crippen molar-refractivity contribution in [1.82, 2.24) is 20.2 Å². The van der Waals surface area contributed by atoms with Crippen molar-refractivity contribution in [3.05, 3.63) is 57.5 Å². The van der Waals surface area contributed by atoms with Crippen molar-refractivity contribution in [1.29, 1.82) is 0 Å². The third-order valence-electron chi connectivity index (χ3n) is 3.94.